The van der Waals surface area contributed by atoms with E-state index in [9.17, 15) is 19.8 Å². The number of esters is 1. The van der Waals surface area contributed by atoms with E-state index in [-0.39, 0.29) is 18.5 Å². The Morgan fingerprint density at radius 2 is 0.653 bits per heavy atom. The third kappa shape index (κ3) is 57.6. The summed E-state index contributed by atoms with van der Waals surface area (Å²) in [4.78, 5) is 24.5. The summed E-state index contributed by atoms with van der Waals surface area (Å²) in [6.07, 6.45) is 76.9. The molecule has 0 bridgehead atoms. The van der Waals surface area contributed by atoms with Gasteiger partial charge in [0.15, 0.2) is 0 Å². The fourth-order valence-electron chi connectivity index (χ4n) is 10.2. The van der Waals surface area contributed by atoms with Gasteiger partial charge in [-0.3, -0.25) is 9.59 Å². The average molecular weight is 1010 g/mol. The lowest BCUT2D eigenvalue weighted by molar-refractivity contribution is -0.143. The van der Waals surface area contributed by atoms with Crippen molar-refractivity contribution in [1.82, 2.24) is 5.32 Å². The second kappa shape index (κ2) is 61.9. The second-order valence-corrected chi connectivity index (χ2v) is 22.5. The lowest BCUT2D eigenvalue weighted by Gasteiger charge is -2.20. The van der Waals surface area contributed by atoms with Crippen molar-refractivity contribution in [2.45, 2.75) is 373 Å². The lowest BCUT2D eigenvalue weighted by Crippen LogP contribution is -2.45. The maximum atomic E-state index is 12.4. The summed E-state index contributed by atoms with van der Waals surface area (Å²) >= 11 is 0. The molecule has 2 unspecified atom stereocenters. The highest BCUT2D eigenvalue weighted by molar-refractivity contribution is 5.76. The Balaban J connectivity index is 3.30. The Labute approximate surface area is 450 Å². The van der Waals surface area contributed by atoms with Gasteiger partial charge in [-0.2, -0.15) is 0 Å². The van der Waals surface area contributed by atoms with Crippen LogP contribution in [-0.2, 0) is 14.3 Å². The van der Waals surface area contributed by atoms with E-state index in [0.717, 1.165) is 44.9 Å². The fourth-order valence-corrected chi connectivity index (χ4v) is 10.2. The molecular weight excluding hydrogens is 887 g/mol. The number of carbonyl (C=O) groups is 2. The van der Waals surface area contributed by atoms with Gasteiger partial charge in [0.1, 0.15) is 0 Å². The second-order valence-electron chi connectivity index (χ2n) is 22.5. The van der Waals surface area contributed by atoms with E-state index < -0.39 is 12.1 Å². The highest BCUT2D eigenvalue weighted by atomic mass is 16.5. The van der Waals surface area contributed by atoms with Gasteiger partial charge in [0, 0.05) is 12.8 Å². The number of carbonyl (C=O) groups excluding carboxylic acids is 2. The van der Waals surface area contributed by atoms with Gasteiger partial charge in [-0.1, -0.05) is 314 Å². The minimum absolute atomic E-state index is 0.0126. The smallest absolute Gasteiger partial charge is 0.305 e. The molecular formula is C66H127NO5. The number of unbranched alkanes of at least 4 members (excludes halogenated alkanes) is 48. The number of aliphatic hydroxyl groups excluding tert-OH is 2. The normalized spacial score (nSPS) is 12.7. The standard InChI is InChI=1S/C66H127NO5/c1-3-5-7-9-11-13-14-15-33-37-40-44-48-52-56-60-66(71)72-61-57-53-49-45-41-38-35-32-30-28-26-24-22-20-18-16-17-19-21-23-25-27-29-31-34-36-39-43-47-51-55-59-65(70)67-63(62-68)64(69)58-54-50-46-42-12-10-8-6-4-2/h15,33,54,58,63-64,68-69H,3-14,16-32,34-53,55-57,59-62H2,1-2H3,(H,67,70)/b33-15-,58-54+. The van der Waals surface area contributed by atoms with Gasteiger partial charge in [-0.25, -0.2) is 0 Å². The quantitative estimate of drug-likeness (QED) is 0.0320. The zero-order chi connectivity index (χ0) is 52.2. The molecule has 2 atom stereocenters. The molecule has 0 saturated heterocycles. The number of aliphatic hydroxyl groups is 2. The number of rotatable bonds is 61. The van der Waals surface area contributed by atoms with Crippen LogP contribution in [-0.4, -0.2) is 47.4 Å². The molecule has 0 aromatic heterocycles. The molecule has 0 aromatic carbocycles. The van der Waals surface area contributed by atoms with E-state index in [2.05, 4.69) is 31.3 Å². The number of nitrogens with one attached hydrogen (secondary N) is 1. The molecule has 0 spiro atoms. The molecule has 0 aliphatic carbocycles. The number of amides is 1. The predicted octanol–water partition coefficient (Wildman–Crippen LogP) is 20.6. The van der Waals surface area contributed by atoms with Crippen LogP contribution in [0.15, 0.2) is 24.3 Å². The van der Waals surface area contributed by atoms with Crippen molar-refractivity contribution in [2.75, 3.05) is 13.2 Å². The summed E-state index contributed by atoms with van der Waals surface area (Å²) in [5, 5.41) is 23.0. The SMILES string of the molecule is CCCCCCCC/C=C\CCCCCCCC(=O)OCCCCCCCCCCCCCCCCCCCCCCCCCCCCCCCCCC(=O)NC(CO)C(O)/C=C/CCCCCCCCC. The van der Waals surface area contributed by atoms with Crippen molar-refractivity contribution in [3.63, 3.8) is 0 Å². The maximum Gasteiger partial charge on any atom is 0.305 e. The third-order valence-corrected chi connectivity index (χ3v) is 15.2. The van der Waals surface area contributed by atoms with Gasteiger partial charge in [-0.15, -0.1) is 0 Å². The van der Waals surface area contributed by atoms with Crippen LogP contribution in [0.3, 0.4) is 0 Å². The van der Waals surface area contributed by atoms with Gasteiger partial charge >= 0.3 is 5.97 Å². The minimum Gasteiger partial charge on any atom is -0.466 e. The number of allylic oxidation sites excluding steroid dienone is 3. The first kappa shape index (κ1) is 70.3. The van der Waals surface area contributed by atoms with Crippen LogP contribution in [0, 0.1) is 0 Å². The summed E-state index contributed by atoms with van der Waals surface area (Å²) in [5.74, 6) is -0.0527. The van der Waals surface area contributed by atoms with Crippen LogP contribution in [0.1, 0.15) is 361 Å². The molecule has 3 N–H and O–H groups in total. The van der Waals surface area contributed by atoms with Crippen LogP contribution < -0.4 is 5.32 Å². The van der Waals surface area contributed by atoms with E-state index in [1.807, 2.05) is 6.08 Å². The molecule has 0 rings (SSSR count). The lowest BCUT2D eigenvalue weighted by atomic mass is 10.0. The highest BCUT2D eigenvalue weighted by Crippen LogP contribution is 2.18. The third-order valence-electron chi connectivity index (χ3n) is 15.2. The van der Waals surface area contributed by atoms with Crippen molar-refractivity contribution in [3.8, 4) is 0 Å². The molecule has 426 valence electrons. The molecule has 0 radical (unpaired) electrons. The molecule has 0 aliphatic heterocycles. The first-order chi connectivity index (χ1) is 35.5. The first-order valence-electron chi connectivity index (χ1n) is 32.6. The van der Waals surface area contributed by atoms with Gasteiger partial charge in [0.2, 0.25) is 5.91 Å². The van der Waals surface area contributed by atoms with E-state index >= 15 is 0 Å². The molecule has 0 fully saturated rings. The Morgan fingerprint density at radius 3 is 0.986 bits per heavy atom. The molecule has 6 heteroatoms. The summed E-state index contributed by atoms with van der Waals surface area (Å²) in [7, 11) is 0. The van der Waals surface area contributed by atoms with E-state index in [1.54, 1.807) is 6.08 Å². The number of ether oxygens (including phenoxy) is 1. The fraction of sp³-hybridized carbons (Fsp3) is 0.909. The Morgan fingerprint density at radius 1 is 0.375 bits per heavy atom. The van der Waals surface area contributed by atoms with Gasteiger partial charge in [-0.05, 0) is 57.8 Å². The van der Waals surface area contributed by atoms with Crippen LogP contribution in [0.5, 0.6) is 0 Å². The molecule has 0 heterocycles. The van der Waals surface area contributed by atoms with Crippen LogP contribution in [0.2, 0.25) is 0 Å². The zero-order valence-corrected chi connectivity index (χ0v) is 48.7. The van der Waals surface area contributed by atoms with Crippen LogP contribution >= 0.6 is 0 Å². The van der Waals surface area contributed by atoms with Crippen LogP contribution in [0.25, 0.3) is 0 Å². The van der Waals surface area contributed by atoms with Crippen molar-refractivity contribution in [1.29, 1.82) is 0 Å². The Kier molecular flexibility index (Phi) is 60.5. The van der Waals surface area contributed by atoms with Crippen molar-refractivity contribution in [2.24, 2.45) is 0 Å². The Bertz CT molecular complexity index is 1120. The zero-order valence-electron chi connectivity index (χ0n) is 48.7. The summed E-state index contributed by atoms with van der Waals surface area (Å²) < 4.78 is 5.49. The molecule has 0 aliphatic rings. The molecule has 1 amide bonds. The minimum atomic E-state index is -0.838. The van der Waals surface area contributed by atoms with E-state index in [4.69, 9.17) is 4.74 Å². The van der Waals surface area contributed by atoms with Gasteiger partial charge < -0.3 is 20.3 Å². The largest absolute Gasteiger partial charge is 0.466 e. The topological polar surface area (TPSA) is 95.9 Å². The van der Waals surface area contributed by atoms with Crippen molar-refractivity contribution >= 4 is 11.9 Å². The summed E-state index contributed by atoms with van der Waals surface area (Å²) in [6.45, 7) is 4.89. The van der Waals surface area contributed by atoms with E-state index in [0.29, 0.717) is 19.4 Å². The number of hydrogen-bond acceptors (Lipinski definition) is 5. The monoisotopic (exact) mass is 1010 g/mol. The molecule has 0 saturated carbocycles. The highest BCUT2D eigenvalue weighted by Gasteiger charge is 2.18. The molecule has 0 aromatic rings. The van der Waals surface area contributed by atoms with Gasteiger partial charge in [0.05, 0.1) is 25.4 Å². The number of hydrogen-bond donors (Lipinski definition) is 3. The van der Waals surface area contributed by atoms with Gasteiger partial charge in [0.25, 0.3) is 0 Å². The van der Waals surface area contributed by atoms with E-state index in [1.165, 1.54) is 289 Å². The predicted molar refractivity (Wildman–Crippen MR) is 315 cm³/mol. The molecule has 72 heavy (non-hydrogen) atoms. The Hall–Kier alpha value is -1.66. The molecule has 6 nitrogen and oxygen atoms in total. The first-order valence-corrected chi connectivity index (χ1v) is 32.6. The summed E-state index contributed by atoms with van der Waals surface area (Å²) in [5.41, 5.74) is 0. The summed E-state index contributed by atoms with van der Waals surface area (Å²) in [6, 6.07) is -0.622. The average Bonchev–Trinajstić information content (AvgIpc) is 3.38. The van der Waals surface area contributed by atoms with Crippen molar-refractivity contribution in [3.05, 3.63) is 24.3 Å². The maximum absolute atomic E-state index is 12.4. The van der Waals surface area contributed by atoms with Crippen molar-refractivity contribution < 1.29 is 24.5 Å². The van der Waals surface area contributed by atoms with Crippen LogP contribution in [0.4, 0.5) is 0 Å².